The number of H-pyrrole nitrogens is 2. The van der Waals surface area contributed by atoms with Crippen molar-refractivity contribution in [1.29, 1.82) is 0 Å². The van der Waals surface area contributed by atoms with Crippen LogP contribution in [0.5, 0.6) is 0 Å². The highest BCUT2D eigenvalue weighted by Crippen LogP contribution is 2.36. The molecular formula is C51H53N7O11. The maximum absolute atomic E-state index is 14.0. The van der Waals surface area contributed by atoms with Gasteiger partial charge in [0, 0.05) is 63.1 Å². The molecule has 1 saturated heterocycles. The summed E-state index contributed by atoms with van der Waals surface area (Å²) in [5.41, 5.74) is 8.34. The number of rotatable bonds is 10. The van der Waals surface area contributed by atoms with Crippen LogP contribution in [0.2, 0.25) is 0 Å². The SMILES string of the molecule is O=C(O)CN(CC(=O)O)C(=O)c1ccccc1-c1c2nc(cc3ccc([nH]3)c(-c3ccccc3NC(=O)CN3CCOCCOCCOCCOCCOCC3)c3nc(cc4ccc1[nH]4)C=C3)C=C2. The molecule has 3 aliphatic heterocycles. The molecule has 358 valence electrons. The summed E-state index contributed by atoms with van der Waals surface area (Å²) in [6, 6.07) is 25.6. The number of carboxylic acid groups (broad SMARTS) is 2. The molecule has 6 heterocycles. The number of nitrogens with zero attached hydrogens (tertiary/aromatic N) is 4. The third-order valence-electron chi connectivity index (χ3n) is 11.2. The van der Waals surface area contributed by atoms with Gasteiger partial charge >= 0.3 is 11.9 Å². The van der Waals surface area contributed by atoms with E-state index in [2.05, 4.69) is 15.3 Å². The van der Waals surface area contributed by atoms with E-state index in [1.165, 1.54) is 0 Å². The van der Waals surface area contributed by atoms with Crippen LogP contribution in [0, 0.1) is 0 Å². The van der Waals surface area contributed by atoms with Gasteiger partial charge in [-0.1, -0.05) is 36.4 Å². The van der Waals surface area contributed by atoms with Crippen molar-refractivity contribution >= 4 is 75.8 Å². The predicted molar refractivity (Wildman–Crippen MR) is 260 cm³/mol. The van der Waals surface area contributed by atoms with Crippen LogP contribution in [0.3, 0.4) is 0 Å². The van der Waals surface area contributed by atoms with E-state index in [1.807, 2.05) is 89.9 Å². The van der Waals surface area contributed by atoms with Crippen LogP contribution >= 0.6 is 0 Å². The molecule has 0 radical (unpaired) electrons. The van der Waals surface area contributed by atoms with Gasteiger partial charge in [-0.15, -0.1) is 0 Å². The smallest absolute Gasteiger partial charge is 0.323 e. The van der Waals surface area contributed by atoms with E-state index in [4.69, 9.17) is 33.7 Å². The molecule has 3 aromatic heterocycles. The van der Waals surface area contributed by atoms with Gasteiger partial charge in [0.1, 0.15) is 13.1 Å². The Morgan fingerprint density at radius 3 is 1.57 bits per heavy atom. The fourth-order valence-corrected chi connectivity index (χ4v) is 8.07. The van der Waals surface area contributed by atoms with Gasteiger partial charge in [-0.05, 0) is 78.4 Å². The number of carbonyl (C=O) groups excluding carboxylic acids is 2. The second-order valence-corrected chi connectivity index (χ2v) is 16.1. The van der Waals surface area contributed by atoms with Crippen molar-refractivity contribution in [3.05, 3.63) is 113 Å². The number of hydrogen-bond donors (Lipinski definition) is 5. The summed E-state index contributed by atoms with van der Waals surface area (Å²) >= 11 is 0. The van der Waals surface area contributed by atoms with E-state index < -0.39 is 30.9 Å². The Hall–Kier alpha value is -7.32. The Labute approximate surface area is 397 Å². The molecule has 0 spiro atoms. The minimum atomic E-state index is -1.34. The van der Waals surface area contributed by atoms with Crippen molar-refractivity contribution in [1.82, 2.24) is 29.7 Å². The highest BCUT2D eigenvalue weighted by atomic mass is 16.6. The monoisotopic (exact) mass is 939 g/mol. The van der Waals surface area contributed by atoms with Gasteiger partial charge in [0.2, 0.25) is 5.91 Å². The molecular weight excluding hydrogens is 887 g/mol. The Bertz CT molecular complexity index is 2860. The maximum atomic E-state index is 14.0. The molecule has 5 aromatic rings. The van der Waals surface area contributed by atoms with Crippen molar-refractivity contribution < 1.29 is 53.1 Å². The van der Waals surface area contributed by atoms with E-state index in [0.717, 1.165) is 27.1 Å². The largest absolute Gasteiger partial charge is 0.480 e. The topological polar surface area (TPSA) is 231 Å². The first-order valence-corrected chi connectivity index (χ1v) is 22.6. The fraction of sp³-hybridized carbons (Fsp3) is 0.294. The number of carboxylic acids is 2. The van der Waals surface area contributed by atoms with Gasteiger partial charge in [-0.2, -0.15) is 0 Å². The molecule has 0 saturated carbocycles. The minimum Gasteiger partial charge on any atom is -0.480 e. The first-order chi connectivity index (χ1) is 33.7. The average Bonchev–Trinajstić information content (AvgIpc) is 4.18. The third-order valence-corrected chi connectivity index (χ3v) is 11.2. The second kappa shape index (κ2) is 23.6. The summed E-state index contributed by atoms with van der Waals surface area (Å²) in [4.78, 5) is 71.1. The Balaban J connectivity index is 1.13. The van der Waals surface area contributed by atoms with E-state index in [-0.39, 0.29) is 18.0 Å². The molecule has 18 nitrogen and oxygen atoms in total. The lowest BCUT2D eigenvalue weighted by atomic mass is 9.97. The molecule has 69 heavy (non-hydrogen) atoms. The highest BCUT2D eigenvalue weighted by Gasteiger charge is 2.26. The molecule has 8 rings (SSSR count). The number of aliphatic carboxylic acids is 2. The van der Waals surface area contributed by atoms with Crippen molar-refractivity contribution in [3.63, 3.8) is 0 Å². The van der Waals surface area contributed by atoms with Gasteiger partial charge in [-0.3, -0.25) is 24.1 Å². The number of hydrogen-bond acceptors (Lipinski definition) is 12. The Kier molecular flexibility index (Phi) is 16.5. The standard InChI is InChI=1S/C51H53N7O11/c59-46(31-57-17-19-65-21-23-67-25-27-69-28-26-68-24-22-66-20-18-57)56-41-8-4-3-7-40(41)50-44-15-11-36(54-44)29-34-9-13-42(52-34)49(43-14-10-35(53-43)30-37-12-16-45(50)55-37)38-5-1-2-6-39(38)51(64)58(32-47(60)61)33-48(62)63/h1-16,29-30,52,55H,17-28,31-33H2,(H,56,59)(H,60,61)(H,62,63). The van der Waals surface area contributed by atoms with Gasteiger partial charge < -0.3 is 54.1 Å². The summed E-state index contributed by atoms with van der Waals surface area (Å²) < 4.78 is 28.3. The lowest BCUT2D eigenvalue weighted by Crippen LogP contribution is -2.39. The molecule has 0 atom stereocenters. The molecule has 8 bridgehead atoms. The molecule has 3 aliphatic rings. The number of aromatic nitrogens is 4. The number of fused-ring (bicyclic) bond motifs is 8. The first kappa shape index (κ1) is 48.1. The average molecular weight is 940 g/mol. The normalized spacial score (nSPS) is 15.5. The van der Waals surface area contributed by atoms with Crippen molar-refractivity contribution in [2.75, 3.05) is 104 Å². The minimum absolute atomic E-state index is 0.0950. The zero-order valence-corrected chi connectivity index (χ0v) is 37.9. The van der Waals surface area contributed by atoms with Gasteiger partial charge in [0.25, 0.3) is 5.91 Å². The summed E-state index contributed by atoms with van der Waals surface area (Å²) in [7, 11) is 0. The number of benzene rings is 2. The molecule has 0 unspecified atom stereocenters. The first-order valence-electron chi connectivity index (χ1n) is 22.6. The maximum Gasteiger partial charge on any atom is 0.323 e. The highest BCUT2D eigenvalue weighted by molar-refractivity contribution is 6.06. The summed E-state index contributed by atoms with van der Waals surface area (Å²) in [6.07, 6.45) is 7.50. The van der Waals surface area contributed by atoms with E-state index >= 15 is 0 Å². The van der Waals surface area contributed by atoms with Crippen LogP contribution in [0.4, 0.5) is 5.69 Å². The van der Waals surface area contributed by atoms with E-state index in [9.17, 15) is 29.4 Å². The van der Waals surface area contributed by atoms with E-state index in [0.29, 0.717) is 130 Å². The second-order valence-electron chi connectivity index (χ2n) is 16.1. The fourth-order valence-electron chi connectivity index (χ4n) is 8.07. The Morgan fingerprint density at radius 2 is 1.04 bits per heavy atom. The van der Waals surface area contributed by atoms with Gasteiger partial charge in [0.05, 0.1) is 95.4 Å². The molecule has 2 amide bonds. The lowest BCUT2D eigenvalue weighted by Gasteiger charge is -2.22. The van der Waals surface area contributed by atoms with Crippen molar-refractivity contribution in [2.45, 2.75) is 0 Å². The predicted octanol–water partition coefficient (Wildman–Crippen LogP) is 5.94. The molecule has 0 aliphatic carbocycles. The number of anilines is 1. The van der Waals surface area contributed by atoms with Gasteiger partial charge in [-0.25, -0.2) is 9.97 Å². The number of amides is 2. The molecule has 1 fully saturated rings. The quantitative estimate of drug-likeness (QED) is 0.107. The number of nitrogens with one attached hydrogen (secondary N) is 3. The summed E-state index contributed by atoms with van der Waals surface area (Å²) in [5.74, 6) is -3.65. The van der Waals surface area contributed by atoms with Crippen LogP contribution in [0.15, 0.2) is 84.9 Å². The van der Waals surface area contributed by atoms with Crippen LogP contribution in [-0.4, -0.2) is 162 Å². The van der Waals surface area contributed by atoms with Crippen LogP contribution in [0.1, 0.15) is 33.1 Å². The van der Waals surface area contributed by atoms with Crippen molar-refractivity contribution in [3.8, 4) is 22.3 Å². The molecule has 5 N–H and O–H groups in total. The number of ether oxygens (including phenoxy) is 5. The van der Waals surface area contributed by atoms with Crippen LogP contribution in [-0.2, 0) is 38.1 Å². The zero-order chi connectivity index (χ0) is 48.0. The summed E-state index contributed by atoms with van der Waals surface area (Å²) in [5, 5.41) is 22.3. The Morgan fingerprint density at radius 1 is 0.580 bits per heavy atom. The molecule has 2 aromatic carbocycles. The number of aromatic amines is 2. The van der Waals surface area contributed by atoms with Crippen molar-refractivity contribution in [2.24, 2.45) is 0 Å². The number of para-hydroxylation sites is 1. The van der Waals surface area contributed by atoms with Crippen LogP contribution < -0.4 is 5.32 Å². The molecule has 18 heteroatoms. The lowest BCUT2D eigenvalue weighted by molar-refractivity contribution is -0.140. The number of carbonyl (C=O) groups is 4. The zero-order valence-electron chi connectivity index (χ0n) is 37.9. The third kappa shape index (κ3) is 13.0. The van der Waals surface area contributed by atoms with Crippen LogP contribution in [0.25, 0.3) is 68.6 Å². The van der Waals surface area contributed by atoms with E-state index in [1.54, 1.807) is 24.3 Å². The van der Waals surface area contributed by atoms with Gasteiger partial charge in [0.15, 0.2) is 0 Å². The summed E-state index contributed by atoms with van der Waals surface area (Å²) in [6.45, 7) is 3.93.